The molecular weight excluding hydrogens is 511 g/mol. The topological polar surface area (TPSA) is 58.7 Å². The van der Waals surface area contributed by atoms with Gasteiger partial charge in [-0.15, -0.1) is 5.92 Å². The number of rotatable bonds is 0. The molecule has 5 rings (SSSR count). The van der Waals surface area contributed by atoms with E-state index >= 15 is 0 Å². The molecule has 6 atom stereocenters. The number of fused-ring (bicyclic) bond motifs is 7. The Morgan fingerprint density at radius 3 is 2.29 bits per heavy atom. The molecule has 1 N–H and O–H groups in total. The van der Waals surface area contributed by atoms with Crippen molar-refractivity contribution in [1.29, 1.82) is 0 Å². The summed E-state index contributed by atoms with van der Waals surface area (Å²) in [5.41, 5.74) is -2.24. The van der Waals surface area contributed by atoms with Crippen LogP contribution in [0.1, 0.15) is 93.4 Å². The number of carbonyl (C=O) groups excluding carboxylic acids is 2. The fourth-order valence-electron chi connectivity index (χ4n) is 9.33. The molecule has 5 heteroatoms. The van der Waals surface area contributed by atoms with Crippen molar-refractivity contribution in [2.45, 2.75) is 99.0 Å². The second-order valence-corrected chi connectivity index (χ2v) is 14.0. The first-order chi connectivity index (χ1) is 15.6. The third-order valence-electron chi connectivity index (χ3n) is 11.6. The Morgan fingerprint density at radius 1 is 1.03 bits per heavy atom. The van der Waals surface area contributed by atoms with Crippen molar-refractivity contribution in [3.63, 3.8) is 0 Å². The van der Waals surface area contributed by atoms with Gasteiger partial charge in [0.1, 0.15) is 5.60 Å². The van der Waals surface area contributed by atoms with Crippen molar-refractivity contribution in [3.05, 3.63) is 40.8 Å². The minimum atomic E-state index is -1.40. The molecule has 0 bridgehead atoms. The van der Waals surface area contributed by atoms with Crippen LogP contribution in [0.4, 0.5) is 0 Å². The summed E-state index contributed by atoms with van der Waals surface area (Å²) in [6.07, 6.45) is 10.1. The van der Waals surface area contributed by atoms with Crippen molar-refractivity contribution < 1.29 is 47.4 Å². The van der Waals surface area contributed by atoms with Gasteiger partial charge in [0, 0.05) is 49.0 Å². The van der Waals surface area contributed by atoms with Crippen LogP contribution in [0.25, 0.3) is 4.85 Å². The van der Waals surface area contributed by atoms with Crippen molar-refractivity contribution in [2.75, 3.05) is 0 Å². The van der Waals surface area contributed by atoms with E-state index < -0.39 is 21.8 Å². The monoisotopic (exact) mass is 551 g/mol. The van der Waals surface area contributed by atoms with Crippen molar-refractivity contribution >= 4 is 11.6 Å². The Bertz CT molecular complexity index is 1100. The smallest absolute Gasteiger partial charge is 0.226 e. The van der Waals surface area contributed by atoms with Crippen LogP contribution in [0.3, 0.4) is 0 Å². The van der Waals surface area contributed by atoms with E-state index in [1.807, 2.05) is 19.9 Å². The van der Waals surface area contributed by atoms with Crippen molar-refractivity contribution in [3.8, 4) is 0 Å². The maximum Gasteiger partial charge on any atom is 0.226 e. The fraction of sp³-hybridized carbons (Fsp3) is 0.733. The zero-order valence-corrected chi connectivity index (χ0v) is 25.4. The van der Waals surface area contributed by atoms with E-state index in [2.05, 4.69) is 39.5 Å². The van der Waals surface area contributed by atoms with E-state index in [0.29, 0.717) is 0 Å². The van der Waals surface area contributed by atoms with E-state index in [0.717, 1.165) is 50.5 Å². The van der Waals surface area contributed by atoms with Gasteiger partial charge < -0.3 is 15.8 Å². The molecule has 0 amide bonds. The summed E-state index contributed by atoms with van der Waals surface area (Å²) in [5, 5.41) is 12.5. The van der Waals surface area contributed by atoms with Crippen LogP contribution in [0.5, 0.6) is 0 Å². The Labute approximate surface area is 236 Å². The molecule has 0 aromatic carbocycles. The molecule has 0 saturated heterocycles. The zero-order chi connectivity index (χ0) is 25.1. The van der Waals surface area contributed by atoms with E-state index in [1.165, 1.54) is 5.92 Å². The second-order valence-electron chi connectivity index (χ2n) is 14.0. The molecule has 0 spiro atoms. The SMILES string of the molecule is [C-]#[N+]C1=C[C@]2(C)C3=CC(=O)[C@]4(O)C5CC(C)(C)CC[C-]5CC[C@@]4(C)[C@]3(C)CC[C@H]2C(C)(C)C1=O.[Y]. The number of carbonyl (C=O) groups is 2. The van der Waals surface area contributed by atoms with Crippen LogP contribution < -0.4 is 0 Å². The Kier molecular flexibility index (Phi) is 6.22. The number of nitrogens with zero attached hydrogens (tertiary/aromatic N) is 1. The number of hydrogen-bond donors (Lipinski definition) is 1. The van der Waals surface area contributed by atoms with Crippen LogP contribution in [0.15, 0.2) is 23.4 Å². The van der Waals surface area contributed by atoms with Gasteiger partial charge >= 0.3 is 0 Å². The second kappa shape index (κ2) is 7.94. The number of aliphatic hydroxyl groups is 1. The number of Topliss-reactive ketones (excluding diaryl/α,β-unsaturated/α-hetero) is 1. The van der Waals surface area contributed by atoms with Gasteiger partial charge in [-0.25, -0.2) is 4.85 Å². The van der Waals surface area contributed by atoms with E-state index in [4.69, 9.17) is 6.57 Å². The molecule has 0 aliphatic heterocycles. The maximum atomic E-state index is 14.1. The van der Waals surface area contributed by atoms with Crippen molar-refractivity contribution in [2.24, 2.45) is 38.9 Å². The number of allylic oxidation sites excluding steroid dienone is 3. The standard InChI is InChI=1S/C30H40NO3.Y/c1-25(2)12-9-18-10-14-29(7)28(6)13-11-21-26(3,4)24(33)20(31-8)17-27(21,5)22(28)15-23(32)30(29,34)19(18)16-25;/h15,17,19,21,34H,9-14,16H2,1-7H3;/q-1;/t19?,21-,27-,28+,29-,30+;/m0./s1. The normalized spacial score (nSPS) is 45.9. The predicted molar refractivity (Wildman–Crippen MR) is 132 cm³/mol. The van der Waals surface area contributed by atoms with E-state index in [-0.39, 0.29) is 72.6 Å². The third kappa shape index (κ3) is 3.20. The van der Waals surface area contributed by atoms with Crippen LogP contribution in [-0.2, 0) is 42.3 Å². The fourth-order valence-corrected chi connectivity index (χ4v) is 9.33. The maximum absolute atomic E-state index is 14.1. The van der Waals surface area contributed by atoms with Crippen LogP contribution in [-0.4, -0.2) is 22.3 Å². The quantitative estimate of drug-likeness (QED) is 0.362. The zero-order valence-electron chi connectivity index (χ0n) is 22.5. The van der Waals surface area contributed by atoms with Gasteiger partial charge in [-0.05, 0) is 35.7 Å². The Morgan fingerprint density at radius 2 is 1.66 bits per heavy atom. The number of hydrogen-bond acceptors (Lipinski definition) is 3. The Hall–Kier alpha value is -0.626. The summed E-state index contributed by atoms with van der Waals surface area (Å²) in [5.74, 6) is 1.07. The first-order valence-electron chi connectivity index (χ1n) is 13.1. The third-order valence-corrected chi connectivity index (χ3v) is 11.6. The van der Waals surface area contributed by atoms with Gasteiger partial charge in [-0.3, -0.25) is 4.79 Å². The van der Waals surface area contributed by atoms with Gasteiger partial charge in [0.2, 0.25) is 5.70 Å². The summed E-state index contributed by atoms with van der Waals surface area (Å²) in [6.45, 7) is 22.7. The molecule has 1 radical (unpaired) electrons. The number of ketones is 2. The molecule has 3 fully saturated rings. The van der Waals surface area contributed by atoms with Gasteiger partial charge in [0.05, 0.1) is 6.57 Å². The summed E-state index contributed by atoms with van der Waals surface area (Å²) in [6, 6.07) is 0. The molecule has 4 nitrogen and oxygen atoms in total. The first kappa shape index (κ1) is 27.4. The van der Waals surface area contributed by atoms with E-state index in [1.54, 1.807) is 6.08 Å². The van der Waals surface area contributed by atoms with Gasteiger partial charge in [0.15, 0.2) is 11.6 Å². The molecule has 1 unspecified atom stereocenters. The molecular formula is C30H40NO3Y-. The largest absolute Gasteiger partial charge is 0.384 e. The van der Waals surface area contributed by atoms with Gasteiger partial charge in [0.25, 0.3) is 0 Å². The van der Waals surface area contributed by atoms with Crippen LogP contribution >= 0.6 is 0 Å². The van der Waals surface area contributed by atoms with Crippen LogP contribution in [0.2, 0.25) is 0 Å². The molecule has 35 heavy (non-hydrogen) atoms. The van der Waals surface area contributed by atoms with Gasteiger partial charge in [-0.2, -0.15) is 12.8 Å². The summed E-state index contributed by atoms with van der Waals surface area (Å²) in [7, 11) is 0. The van der Waals surface area contributed by atoms with E-state index in [9.17, 15) is 14.7 Å². The predicted octanol–water partition coefficient (Wildman–Crippen LogP) is 6.26. The molecule has 0 aromatic rings. The molecule has 5 aliphatic rings. The summed E-state index contributed by atoms with van der Waals surface area (Å²) in [4.78, 5) is 30.9. The molecule has 0 aromatic heterocycles. The average molecular weight is 552 g/mol. The van der Waals surface area contributed by atoms with Crippen molar-refractivity contribution in [1.82, 2.24) is 0 Å². The minimum Gasteiger partial charge on any atom is -0.384 e. The first-order valence-corrected chi connectivity index (χ1v) is 13.1. The molecule has 5 aliphatic carbocycles. The Balaban J connectivity index is 0.00000289. The molecule has 0 heterocycles. The average Bonchev–Trinajstić information content (AvgIpc) is 2.75. The van der Waals surface area contributed by atoms with Crippen LogP contribution in [0, 0.1) is 51.4 Å². The summed E-state index contributed by atoms with van der Waals surface area (Å²) < 4.78 is 0. The molecule has 3 saturated carbocycles. The van der Waals surface area contributed by atoms with Gasteiger partial charge in [-0.1, -0.05) is 79.4 Å². The summed E-state index contributed by atoms with van der Waals surface area (Å²) >= 11 is 0. The minimum absolute atomic E-state index is 0. The molecule has 187 valence electrons.